The van der Waals surface area contributed by atoms with Crippen LogP contribution in [0.5, 0.6) is 23.0 Å². The Morgan fingerprint density at radius 1 is 0.288 bits per heavy atom. The maximum Gasteiger partial charge on any atom is 0.450 e. The van der Waals surface area contributed by atoms with Crippen LogP contribution in [0, 0.1) is 6.92 Å². The van der Waals surface area contributed by atoms with Gasteiger partial charge in [-0.05, 0) is 118 Å². The molecule has 0 unspecified atom stereocenters. The molecule has 640 valence electrons. The Labute approximate surface area is 616 Å². The third-order valence-electron chi connectivity index (χ3n) is 14.6. The van der Waals surface area contributed by atoms with Gasteiger partial charge in [0.15, 0.2) is 0 Å². The monoisotopic (exact) mass is 1820 g/mol. The SMILES string of the molecule is CC(C)(C)c1cc(OS(=O)(=O)C(F)(F)C(F)(F)C(F)(F)S(=O)(=O)O)cc(C(C)(C)C)c1.CC(C)(C)c1ccc(OS(=O)(=O)C(F)(F)C(F)(F)C(F)(F)S(=O)(=O)O)cc1.Cc1cccc(OS(=O)(=O)C(F)(F)C(F)(F)C(F)(F)S(=O)(=O)O)c1.O=S(=O)(O)C(F)(F)C(F)(F)C(F)(F)S(=O)(=O)Oc1ccc(C2CCCCC2)cc1. The molecule has 0 bridgehead atoms. The lowest BCUT2D eigenvalue weighted by atomic mass is 9.80. The Kier molecular flexibility index (Phi) is 28.9. The molecule has 1 fully saturated rings. The van der Waals surface area contributed by atoms with Crippen molar-refractivity contribution in [2.45, 2.75) is 189 Å². The zero-order chi connectivity index (χ0) is 88.2. The molecule has 4 aromatic rings. The van der Waals surface area contributed by atoms with E-state index in [1.54, 1.807) is 68.4 Å². The number of benzene rings is 4. The average molecular weight is 1820 g/mol. The van der Waals surface area contributed by atoms with Gasteiger partial charge in [-0.3, -0.25) is 18.2 Å². The summed E-state index contributed by atoms with van der Waals surface area (Å²) in [4.78, 5) is 0. The van der Waals surface area contributed by atoms with Gasteiger partial charge in [-0.25, -0.2) is 0 Å². The smallest absolute Gasteiger partial charge is 0.378 e. The summed E-state index contributed by atoms with van der Waals surface area (Å²) in [5, 5.41) is -54.1. The van der Waals surface area contributed by atoms with Gasteiger partial charge < -0.3 is 16.7 Å². The van der Waals surface area contributed by atoms with Crippen molar-refractivity contribution in [3.05, 3.63) is 119 Å². The average Bonchev–Trinajstić information content (AvgIpc) is 0.739. The van der Waals surface area contributed by atoms with Gasteiger partial charge in [-0.1, -0.05) is 124 Å². The first-order chi connectivity index (χ1) is 48.5. The van der Waals surface area contributed by atoms with Gasteiger partial charge in [0.2, 0.25) is 0 Å². The van der Waals surface area contributed by atoms with E-state index < -0.39 is 186 Å². The van der Waals surface area contributed by atoms with Crippen LogP contribution in [0.25, 0.3) is 0 Å². The van der Waals surface area contributed by atoms with Crippen LogP contribution in [0.15, 0.2) is 91.0 Å². The molecule has 0 amide bonds. The van der Waals surface area contributed by atoms with E-state index in [4.69, 9.17) is 18.2 Å². The minimum atomic E-state index is -7.11. The second kappa shape index (κ2) is 31.8. The topological polar surface area (TPSA) is 391 Å². The number of aryl methyl sites for hydroxylation is 1. The third kappa shape index (κ3) is 20.4. The number of rotatable bonds is 25. The summed E-state index contributed by atoms with van der Waals surface area (Å²) < 4.78 is 546. The fourth-order valence-corrected chi connectivity index (χ4v) is 13.8. The minimum Gasteiger partial charge on any atom is -0.378 e. The highest BCUT2D eigenvalue weighted by Gasteiger charge is 2.86. The van der Waals surface area contributed by atoms with Crippen LogP contribution in [-0.4, -0.2) is 151 Å². The van der Waals surface area contributed by atoms with Crippen molar-refractivity contribution in [1.29, 1.82) is 0 Å². The van der Waals surface area contributed by atoms with Gasteiger partial charge in [0.05, 0.1) is 0 Å². The van der Waals surface area contributed by atoms with E-state index in [1.165, 1.54) is 37.3 Å². The summed E-state index contributed by atoms with van der Waals surface area (Å²) in [6.07, 6.45) is 4.65. The minimum absolute atomic E-state index is 0.133. The molecular formula is C55H60F24O24S8. The summed E-state index contributed by atoms with van der Waals surface area (Å²) in [5.41, 5.74) is 0.423. The first-order valence-corrected chi connectivity index (χ1v) is 40.5. The molecule has 24 nitrogen and oxygen atoms in total. The molecule has 4 N–H and O–H groups in total. The van der Waals surface area contributed by atoms with E-state index >= 15 is 0 Å². The van der Waals surface area contributed by atoms with E-state index in [2.05, 4.69) is 16.7 Å². The predicted molar refractivity (Wildman–Crippen MR) is 336 cm³/mol. The molecule has 0 aliphatic heterocycles. The van der Waals surface area contributed by atoms with Gasteiger partial charge in [-0.15, -0.1) is 0 Å². The molecule has 56 heteroatoms. The number of hydrogen-bond donors (Lipinski definition) is 4. The Bertz CT molecular complexity index is 4940. The zero-order valence-corrected chi connectivity index (χ0v) is 63.6. The third-order valence-corrected chi connectivity index (χ3v) is 23.4. The van der Waals surface area contributed by atoms with Gasteiger partial charge in [0, 0.05) is 0 Å². The van der Waals surface area contributed by atoms with Crippen molar-refractivity contribution in [2.75, 3.05) is 0 Å². The Morgan fingerprint density at radius 3 is 0.775 bits per heavy atom. The van der Waals surface area contributed by atoms with E-state index in [9.17, 15) is 173 Å². The van der Waals surface area contributed by atoms with Crippen molar-refractivity contribution >= 4 is 80.9 Å². The maximum absolute atomic E-state index is 14.0. The normalized spacial score (nSPS) is 15.7. The highest BCUT2D eigenvalue weighted by Crippen LogP contribution is 2.56. The maximum atomic E-state index is 14.0. The molecule has 1 aliphatic carbocycles. The van der Waals surface area contributed by atoms with Crippen LogP contribution in [0.4, 0.5) is 105 Å². The summed E-state index contributed by atoms with van der Waals surface area (Å²) in [5.74, 6) is -31.6. The molecule has 0 aromatic heterocycles. The van der Waals surface area contributed by atoms with E-state index in [0.29, 0.717) is 16.7 Å². The van der Waals surface area contributed by atoms with Gasteiger partial charge >= 0.3 is 147 Å². The lowest BCUT2D eigenvalue weighted by molar-refractivity contribution is -0.247. The number of halogens is 24. The molecule has 0 spiro atoms. The zero-order valence-electron chi connectivity index (χ0n) is 57.1. The molecule has 111 heavy (non-hydrogen) atoms. The second-order valence-corrected chi connectivity index (χ2v) is 38.4. The second-order valence-electron chi connectivity index (χ2n) is 26.2. The standard InChI is InChI=1S/C17H22F6O6S2.C15H16F6O6S2.C13H14F6O6S2.C10H8F6O6S2/c1-13(2,3)10-7-11(14(4,5)6)9-12(8-10)29-31(27,28)17(22,23)15(18,19)16(20,21)30(24,25)26;16-13(17,14(18,19)28(22,23)24)15(20,21)29(25,26)27-12-8-6-11(7-9-12)10-4-2-1-3-5-10;1-10(2,3)8-4-6-9(7-5-8)25-27(23,24)13(18,19)11(14,15)12(16,17)26(20,21)22;1-6-3-2-4-7(5-6)22-24(20,21)10(15,16)8(11,12)9(13,14)23(17,18)19/h7-9H,1-6H3,(H,24,25,26);6-10H,1-5H2,(H,22,23,24);4-7H,1-3H3,(H,20,21,22);2-5H,1H3,(H,17,18,19). The lowest BCUT2D eigenvalue weighted by Crippen LogP contribution is -2.61. The Hall–Kier alpha value is -6.16. The molecule has 4 aromatic carbocycles. The van der Waals surface area contributed by atoms with Gasteiger partial charge in [0.1, 0.15) is 23.0 Å². The molecule has 0 heterocycles. The summed E-state index contributed by atoms with van der Waals surface area (Å²) in [6, 6.07) is 16.0. The molecular weight excluding hydrogens is 1760 g/mol. The molecule has 1 saturated carbocycles. The van der Waals surface area contributed by atoms with Crippen LogP contribution in [0.2, 0.25) is 0 Å². The highest BCUT2D eigenvalue weighted by atomic mass is 32.3. The number of hydrogen-bond acceptors (Lipinski definition) is 20. The Balaban J connectivity index is 0.000000504. The van der Waals surface area contributed by atoms with Crippen molar-refractivity contribution < 1.29 is 208 Å². The van der Waals surface area contributed by atoms with E-state index in [1.807, 2.05) is 0 Å². The van der Waals surface area contributed by atoms with Gasteiger partial charge in [-0.2, -0.15) is 173 Å². The molecule has 5 rings (SSSR count). The molecule has 0 atom stereocenters. The van der Waals surface area contributed by atoms with Crippen LogP contribution in [-0.2, 0) is 97.2 Å². The number of alkyl halides is 24. The van der Waals surface area contributed by atoms with Crippen LogP contribution in [0.1, 0.15) is 128 Å². The van der Waals surface area contributed by atoms with Crippen molar-refractivity contribution in [3.8, 4) is 23.0 Å². The Morgan fingerprint density at radius 2 is 0.532 bits per heavy atom. The predicted octanol–water partition coefficient (Wildman–Crippen LogP) is 14.7. The summed E-state index contributed by atoms with van der Waals surface area (Å²) in [7, 11) is -55.6. The van der Waals surface area contributed by atoms with Crippen LogP contribution in [0.3, 0.4) is 0 Å². The lowest BCUT2D eigenvalue weighted by Gasteiger charge is -2.30. The fraction of sp³-hybridized carbons (Fsp3) is 0.564. The van der Waals surface area contributed by atoms with Crippen molar-refractivity contribution in [1.82, 2.24) is 0 Å². The quantitative estimate of drug-likeness (QED) is 0.0272. The van der Waals surface area contributed by atoms with Crippen LogP contribution < -0.4 is 16.7 Å². The summed E-state index contributed by atoms with van der Waals surface area (Å²) >= 11 is 0. The van der Waals surface area contributed by atoms with Crippen molar-refractivity contribution in [2.24, 2.45) is 0 Å². The first-order valence-electron chi connectivity index (χ1n) is 29.1. The van der Waals surface area contributed by atoms with Crippen LogP contribution >= 0.6 is 0 Å². The summed E-state index contributed by atoms with van der Waals surface area (Å²) in [6.45, 7) is 16.6. The van der Waals surface area contributed by atoms with E-state index in [0.717, 1.165) is 92.3 Å². The largest absolute Gasteiger partial charge is 0.450 e. The molecule has 0 radical (unpaired) electrons. The molecule has 1 aliphatic rings. The van der Waals surface area contributed by atoms with Gasteiger partial charge in [0.25, 0.3) is 0 Å². The van der Waals surface area contributed by atoms with Crippen molar-refractivity contribution in [3.63, 3.8) is 0 Å². The first kappa shape index (κ1) is 101. The highest BCUT2D eigenvalue weighted by molar-refractivity contribution is 7.90. The van der Waals surface area contributed by atoms with E-state index in [-0.39, 0.29) is 11.5 Å². The fourth-order valence-electron chi connectivity index (χ4n) is 8.09. The molecule has 0 saturated heterocycles.